The highest BCUT2D eigenvalue weighted by Gasteiger charge is 2.33. The van der Waals surface area contributed by atoms with Crippen LogP contribution in [-0.4, -0.2) is 49.6 Å². The predicted molar refractivity (Wildman–Crippen MR) is 89.4 cm³/mol. The van der Waals surface area contributed by atoms with Crippen LogP contribution in [0, 0.1) is 0 Å². The molecule has 0 radical (unpaired) electrons. The van der Waals surface area contributed by atoms with E-state index in [0.717, 1.165) is 17.0 Å². The van der Waals surface area contributed by atoms with Crippen molar-refractivity contribution in [1.29, 1.82) is 0 Å². The number of nitrogens with zero attached hydrogens (tertiary/aromatic N) is 1. The lowest BCUT2D eigenvalue weighted by molar-refractivity contribution is -0.138. The normalized spacial score (nSPS) is 12.1. The zero-order chi connectivity index (χ0) is 18.3. The lowest BCUT2D eigenvalue weighted by Crippen LogP contribution is -2.48. The van der Waals surface area contributed by atoms with Gasteiger partial charge in [0, 0.05) is 13.7 Å². The predicted octanol–water partition coefficient (Wildman–Crippen LogP) is 1.89. The molecule has 25 heavy (non-hydrogen) atoms. The first-order valence-corrected chi connectivity index (χ1v) is 7.20. The maximum atomic E-state index is 12.9. The highest BCUT2D eigenvalue weighted by molar-refractivity contribution is 5.95. The molecule has 0 aliphatic carbocycles. The Balaban J connectivity index is 0.00000576. The molecule has 0 heterocycles. The Kier molecular flexibility index (Phi) is 9.47. The van der Waals surface area contributed by atoms with Gasteiger partial charge in [0.1, 0.15) is 6.04 Å². The molecule has 0 fully saturated rings. The number of carbonyl (C=O) groups excluding carboxylic acids is 2. The molecule has 0 aromatic heterocycles. The maximum Gasteiger partial charge on any atom is 0.418 e. The quantitative estimate of drug-likeness (QED) is 0.753. The zero-order valence-corrected chi connectivity index (χ0v) is 14.6. The van der Waals surface area contributed by atoms with Gasteiger partial charge in [0.25, 0.3) is 0 Å². The summed E-state index contributed by atoms with van der Waals surface area (Å²) in [5.74, 6) is -1.26. The van der Waals surface area contributed by atoms with Crippen molar-refractivity contribution in [1.82, 2.24) is 4.90 Å². The second kappa shape index (κ2) is 10.2. The summed E-state index contributed by atoms with van der Waals surface area (Å²) in [4.78, 5) is 25.2. The molecule has 0 saturated heterocycles. The van der Waals surface area contributed by atoms with Gasteiger partial charge in [-0.3, -0.25) is 9.59 Å². The van der Waals surface area contributed by atoms with Gasteiger partial charge in [0.2, 0.25) is 11.8 Å². The van der Waals surface area contributed by atoms with E-state index in [0.29, 0.717) is 0 Å². The molecule has 6 nitrogen and oxygen atoms in total. The van der Waals surface area contributed by atoms with E-state index in [-0.39, 0.29) is 31.2 Å². The van der Waals surface area contributed by atoms with Crippen LogP contribution in [0.3, 0.4) is 0 Å². The molecule has 1 unspecified atom stereocenters. The number of anilines is 1. The van der Waals surface area contributed by atoms with E-state index in [1.54, 1.807) is 6.92 Å². The Hall–Kier alpha value is -1.84. The molecule has 0 bridgehead atoms. The molecule has 1 atom stereocenters. The van der Waals surface area contributed by atoms with Gasteiger partial charge in [-0.1, -0.05) is 12.1 Å². The molecule has 0 spiro atoms. The number of methoxy groups -OCH3 is 1. The van der Waals surface area contributed by atoms with Crippen LogP contribution in [0.1, 0.15) is 12.5 Å². The number of hydrogen-bond donors (Lipinski definition) is 2. The Morgan fingerprint density at radius 3 is 2.44 bits per heavy atom. The van der Waals surface area contributed by atoms with Crippen LogP contribution in [0.4, 0.5) is 18.9 Å². The van der Waals surface area contributed by atoms with Crippen LogP contribution < -0.4 is 11.1 Å². The van der Waals surface area contributed by atoms with Gasteiger partial charge in [-0.2, -0.15) is 13.2 Å². The fourth-order valence-corrected chi connectivity index (χ4v) is 2.03. The van der Waals surface area contributed by atoms with Crippen molar-refractivity contribution in [3.8, 4) is 0 Å². The molecule has 3 N–H and O–H groups in total. The lowest BCUT2D eigenvalue weighted by Gasteiger charge is -2.23. The molecule has 10 heteroatoms. The fourth-order valence-electron chi connectivity index (χ4n) is 2.03. The fraction of sp³-hybridized carbons (Fsp3) is 0.467. The summed E-state index contributed by atoms with van der Waals surface area (Å²) >= 11 is 0. The van der Waals surface area contributed by atoms with Crippen molar-refractivity contribution in [3.05, 3.63) is 29.8 Å². The molecule has 0 saturated carbocycles. The van der Waals surface area contributed by atoms with Crippen LogP contribution in [0.25, 0.3) is 0 Å². The van der Waals surface area contributed by atoms with Crippen molar-refractivity contribution >= 4 is 29.9 Å². The number of likely N-dealkylation sites (N-methyl/N-ethyl adjacent to an activating group) is 1. The van der Waals surface area contributed by atoms with Crippen LogP contribution in [0.15, 0.2) is 24.3 Å². The van der Waals surface area contributed by atoms with E-state index in [4.69, 9.17) is 10.5 Å². The number of benzene rings is 1. The highest BCUT2D eigenvalue weighted by atomic mass is 35.5. The summed E-state index contributed by atoms with van der Waals surface area (Å²) in [7, 11) is 1.38. The minimum absolute atomic E-state index is 0. The molecule has 0 aliphatic heterocycles. The number of amides is 2. The third kappa shape index (κ3) is 6.89. The van der Waals surface area contributed by atoms with Crippen molar-refractivity contribution in [3.63, 3.8) is 0 Å². The van der Waals surface area contributed by atoms with E-state index in [1.165, 1.54) is 19.2 Å². The highest BCUT2D eigenvalue weighted by Crippen LogP contribution is 2.34. The average molecular weight is 384 g/mol. The Morgan fingerprint density at radius 2 is 1.92 bits per heavy atom. The van der Waals surface area contributed by atoms with Gasteiger partial charge < -0.3 is 20.7 Å². The first kappa shape index (κ1) is 23.2. The van der Waals surface area contributed by atoms with Gasteiger partial charge >= 0.3 is 6.18 Å². The molecule has 1 rings (SSSR count). The minimum Gasteiger partial charge on any atom is -0.383 e. The number of rotatable bonds is 7. The molecule has 1 aromatic rings. The third-order valence-corrected chi connectivity index (χ3v) is 3.20. The van der Waals surface area contributed by atoms with Gasteiger partial charge in [-0.05, 0) is 19.1 Å². The van der Waals surface area contributed by atoms with Gasteiger partial charge in [-0.25, -0.2) is 0 Å². The number of halogens is 4. The van der Waals surface area contributed by atoms with E-state index < -0.39 is 36.1 Å². The number of hydrogen-bond acceptors (Lipinski definition) is 4. The number of carbonyl (C=O) groups is 2. The molecular formula is C15H21ClF3N3O3. The monoisotopic (exact) mass is 383 g/mol. The lowest BCUT2D eigenvalue weighted by atomic mass is 10.1. The average Bonchev–Trinajstić information content (AvgIpc) is 2.51. The number of alkyl halides is 3. The van der Waals surface area contributed by atoms with Gasteiger partial charge in [0.05, 0.1) is 24.4 Å². The molecule has 0 aliphatic rings. The Morgan fingerprint density at radius 1 is 1.32 bits per heavy atom. The van der Waals surface area contributed by atoms with Crippen LogP contribution in [0.5, 0.6) is 0 Å². The zero-order valence-electron chi connectivity index (χ0n) is 13.8. The largest absolute Gasteiger partial charge is 0.418 e. The van der Waals surface area contributed by atoms with Crippen LogP contribution in [-0.2, 0) is 20.5 Å². The van der Waals surface area contributed by atoms with Crippen molar-refractivity contribution in [2.45, 2.75) is 19.1 Å². The summed E-state index contributed by atoms with van der Waals surface area (Å²) in [6.45, 7) is 1.39. The first-order valence-electron chi connectivity index (χ1n) is 7.20. The molecule has 2 amide bonds. The summed E-state index contributed by atoms with van der Waals surface area (Å²) < 4.78 is 43.5. The third-order valence-electron chi connectivity index (χ3n) is 3.20. The summed E-state index contributed by atoms with van der Waals surface area (Å²) in [5, 5.41) is 2.18. The van der Waals surface area contributed by atoms with Gasteiger partial charge in [0.15, 0.2) is 0 Å². The smallest absolute Gasteiger partial charge is 0.383 e. The topological polar surface area (TPSA) is 84.7 Å². The van der Waals surface area contributed by atoms with Crippen LogP contribution in [0.2, 0.25) is 0 Å². The summed E-state index contributed by atoms with van der Waals surface area (Å²) in [6, 6.07) is 3.68. The summed E-state index contributed by atoms with van der Waals surface area (Å²) in [6.07, 6.45) is -4.59. The second-order valence-corrected chi connectivity index (χ2v) is 5.01. The SMILES string of the molecule is CCN(CC(=O)Nc1ccccc1C(F)(F)F)C(=O)C(N)COC.Cl. The molecular weight excluding hydrogens is 363 g/mol. The number of para-hydroxylation sites is 1. The Labute approximate surface area is 149 Å². The number of ether oxygens (including phenoxy) is 1. The maximum absolute atomic E-state index is 12.9. The van der Waals surface area contributed by atoms with E-state index in [9.17, 15) is 22.8 Å². The van der Waals surface area contributed by atoms with Gasteiger partial charge in [-0.15, -0.1) is 12.4 Å². The van der Waals surface area contributed by atoms with Crippen molar-refractivity contribution in [2.24, 2.45) is 5.73 Å². The van der Waals surface area contributed by atoms with Crippen molar-refractivity contribution in [2.75, 3.05) is 32.1 Å². The first-order chi connectivity index (χ1) is 11.2. The number of nitrogens with two attached hydrogens (primary N) is 1. The van der Waals surface area contributed by atoms with E-state index >= 15 is 0 Å². The molecule has 142 valence electrons. The van der Waals surface area contributed by atoms with E-state index in [2.05, 4.69) is 5.32 Å². The molecule has 1 aromatic carbocycles. The Bertz CT molecular complexity index is 585. The van der Waals surface area contributed by atoms with Crippen LogP contribution >= 0.6 is 12.4 Å². The van der Waals surface area contributed by atoms with E-state index in [1.807, 2.05) is 0 Å². The standard InChI is InChI=1S/C15H20F3N3O3.ClH/c1-3-21(14(23)11(19)9-24-2)8-13(22)20-12-7-5-4-6-10(12)15(16,17)18;/h4-7,11H,3,8-9,19H2,1-2H3,(H,20,22);1H. The minimum atomic E-state index is -4.59. The number of nitrogens with one attached hydrogen (secondary N) is 1. The second-order valence-electron chi connectivity index (χ2n) is 5.01. The van der Waals surface area contributed by atoms with Crippen molar-refractivity contribution < 1.29 is 27.5 Å². The summed E-state index contributed by atoms with van der Waals surface area (Å²) in [5.41, 5.74) is 4.30.